The summed E-state index contributed by atoms with van der Waals surface area (Å²) in [7, 11) is 0. The van der Waals surface area contributed by atoms with E-state index < -0.39 is 0 Å². The van der Waals surface area contributed by atoms with Crippen LogP contribution in [0.25, 0.3) is 0 Å². The van der Waals surface area contributed by atoms with Crippen LogP contribution >= 0.6 is 11.6 Å². The van der Waals surface area contributed by atoms with Crippen molar-refractivity contribution in [3.8, 4) is 5.75 Å². The first-order valence-electron chi connectivity index (χ1n) is 9.78. The summed E-state index contributed by atoms with van der Waals surface area (Å²) in [5.74, 6) is 0.566. The number of carbonyl (C=O) groups is 1. The number of halogens is 1. The van der Waals surface area contributed by atoms with Crippen LogP contribution in [-0.2, 0) is 17.6 Å². The summed E-state index contributed by atoms with van der Waals surface area (Å²) in [5.41, 5.74) is 5.99. The number of hydrogen-bond acceptors (Lipinski definition) is 2. The quantitative estimate of drug-likeness (QED) is 0.714. The van der Waals surface area contributed by atoms with E-state index in [0.717, 1.165) is 29.0 Å². The second-order valence-electron chi connectivity index (χ2n) is 7.42. The summed E-state index contributed by atoms with van der Waals surface area (Å²) < 4.78 is 5.69. The molecule has 4 heteroatoms. The molecular formula is C23H28ClNO2. The fourth-order valence-electron chi connectivity index (χ4n) is 3.77. The molecule has 0 heterocycles. The molecule has 0 aromatic heterocycles. The summed E-state index contributed by atoms with van der Waals surface area (Å²) in [4.78, 5) is 12.4. The number of carbonyl (C=O) groups excluding carboxylic acids is 1. The average molecular weight is 386 g/mol. The predicted molar refractivity (Wildman–Crippen MR) is 111 cm³/mol. The Labute approximate surface area is 167 Å². The predicted octanol–water partition coefficient (Wildman–Crippen LogP) is 5.48. The Morgan fingerprint density at radius 1 is 1.11 bits per heavy atom. The number of hydrogen-bond donors (Lipinski definition) is 1. The van der Waals surface area contributed by atoms with E-state index in [0.29, 0.717) is 5.75 Å². The number of ether oxygens (including phenoxy) is 1. The maximum atomic E-state index is 12.4. The van der Waals surface area contributed by atoms with Gasteiger partial charge in [-0.1, -0.05) is 36.7 Å². The number of rotatable bonds is 6. The molecule has 0 fully saturated rings. The molecule has 0 saturated carbocycles. The standard InChI is InChI=1S/C23H28ClNO2/c1-4-21(19-10-9-17-7-5-6-8-18(17)13-19)25-22(26)14-27-20-11-15(2)23(24)16(3)12-20/h9-13,21H,4-8,14H2,1-3H3,(H,25,26). The summed E-state index contributed by atoms with van der Waals surface area (Å²) >= 11 is 6.18. The first-order valence-corrected chi connectivity index (χ1v) is 10.2. The van der Waals surface area contributed by atoms with Gasteiger partial charge < -0.3 is 10.1 Å². The maximum Gasteiger partial charge on any atom is 0.258 e. The van der Waals surface area contributed by atoms with Crippen molar-refractivity contribution in [1.82, 2.24) is 5.32 Å². The van der Waals surface area contributed by atoms with Crippen LogP contribution in [0.1, 0.15) is 60.0 Å². The van der Waals surface area contributed by atoms with Crippen LogP contribution in [0.15, 0.2) is 30.3 Å². The van der Waals surface area contributed by atoms with Gasteiger partial charge in [0.25, 0.3) is 5.91 Å². The Hall–Kier alpha value is -2.00. The van der Waals surface area contributed by atoms with Gasteiger partial charge in [-0.3, -0.25) is 4.79 Å². The van der Waals surface area contributed by atoms with Gasteiger partial charge >= 0.3 is 0 Å². The molecule has 1 aliphatic rings. The molecule has 2 aromatic rings. The van der Waals surface area contributed by atoms with Crippen molar-refractivity contribution in [2.45, 2.75) is 58.9 Å². The normalized spacial score (nSPS) is 14.4. The van der Waals surface area contributed by atoms with E-state index in [1.165, 1.54) is 36.0 Å². The molecule has 27 heavy (non-hydrogen) atoms. The SMILES string of the molecule is CCC(NC(=O)COc1cc(C)c(Cl)c(C)c1)c1ccc2c(c1)CCCC2. The molecule has 2 aromatic carbocycles. The second kappa shape index (κ2) is 8.79. The zero-order valence-electron chi connectivity index (χ0n) is 16.4. The lowest BCUT2D eigenvalue weighted by molar-refractivity contribution is -0.123. The lowest BCUT2D eigenvalue weighted by Gasteiger charge is -2.22. The van der Waals surface area contributed by atoms with Crippen molar-refractivity contribution in [1.29, 1.82) is 0 Å². The Morgan fingerprint density at radius 3 is 2.44 bits per heavy atom. The highest BCUT2D eigenvalue weighted by Crippen LogP contribution is 2.27. The zero-order chi connectivity index (χ0) is 19.4. The van der Waals surface area contributed by atoms with Crippen LogP contribution < -0.4 is 10.1 Å². The molecular weight excluding hydrogens is 358 g/mol. The second-order valence-corrected chi connectivity index (χ2v) is 7.80. The first kappa shape index (κ1) is 19.8. The minimum absolute atomic E-state index is 0.00194. The molecule has 1 unspecified atom stereocenters. The van der Waals surface area contributed by atoms with Crippen LogP contribution in [0, 0.1) is 13.8 Å². The van der Waals surface area contributed by atoms with Crippen LogP contribution in [0.2, 0.25) is 5.02 Å². The molecule has 1 aliphatic carbocycles. The van der Waals surface area contributed by atoms with Gasteiger partial charge in [0.15, 0.2) is 6.61 Å². The first-order chi connectivity index (χ1) is 13.0. The third kappa shape index (κ3) is 4.84. The lowest BCUT2D eigenvalue weighted by atomic mass is 9.89. The lowest BCUT2D eigenvalue weighted by Crippen LogP contribution is -2.32. The maximum absolute atomic E-state index is 12.4. The highest BCUT2D eigenvalue weighted by molar-refractivity contribution is 6.32. The summed E-state index contributed by atoms with van der Waals surface area (Å²) in [5, 5.41) is 3.85. The van der Waals surface area contributed by atoms with Crippen molar-refractivity contribution in [2.75, 3.05) is 6.61 Å². The molecule has 0 radical (unpaired) electrons. The van der Waals surface area contributed by atoms with Crippen molar-refractivity contribution in [2.24, 2.45) is 0 Å². The number of fused-ring (bicyclic) bond motifs is 1. The molecule has 0 aliphatic heterocycles. The Balaban J connectivity index is 1.62. The van der Waals surface area contributed by atoms with E-state index >= 15 is 0 Å². The van der Waals surface area contributed by atoms with Gasteiger partial charge in [0.2, 0.25) is 0 Å². The highest BCUT2D eigenvalue weighted by Gasteiger charge is 2.16. The Kier molecular flexibility index (Phi) is 6.43. The van der Waals surface area contributed by atoms with Crippen LogP contribution in [0.5, 0.6) is 5.75 Å². The molecule has 1 atom stereocenters. The third-order valence-electron chi connectivity index (χ3n) is 5.30. The highest BCUT2D eigenvalue weighted by atomic mass is 35.5. The van der Waals surface area contributed by atoms with E-state index in [4.69, 9.17) is 16.3 Å². The number of amides is 1. The van der Waals surface area contributed by atoms with Crippen molar-refractivity contribution in [3.05, 3.63) is 63.2 Å². The van der Waals surface area contributed by atoms with Crippen molar-refractivity contribution in [3.63, 3.8) is 0 Å². The van der Waals surface area contributed by atoms with Crippen LogP contribution in [0.3, 0.4) is 0 Å². The Bertz CT molecular complexity index is 808. The van der Waals surface area contributed by atoms with Gasteiger partial charge in [-0.15, -0.1) is 0 Å². The van der Waals surface area contributed by atoms with E-state index in [-0.39, 0.29) is 18.6 Å². The zero-order valence-corrected chi connectivity index (χ0v) is 17.2. The van der Waals surface area contributed by atoms with Crippen LogP contribution in [-0.4, -0.2) is 12.5 Å². The summed E-state index contributed by atoms with van der Waals surface area (Å²) in [6, 6.07) is 10.4. The smallest absolute Gasteiger partial charge is 0.258 e. The van der Waals surface area contributed by atoms with Crippen LogP contribution in [0.4, 0.5) is 0 Å². The fraction of sp³-hybridized carbons (Fsp3) is 0.435. The average Bonchev–Trinajstić information content (AvgIpc) is 2.68. The largest absolute Gasteiger partial charge is 0.484 e. The topological polar surface area (TPSA) is 38.3 Å². The fourth-order valence-corrected chi connectivity index (χ4v) is 3.87. The molecule has 3 rings (SSSR count). The minimum atomic E-state index is -0.107. The monoisotopic (exact) mass is 385 g/mol. The van der Waals surface area contributed by atoms with E-state index in [1.54, 1.807) is 0 Å². The van der Waals surface area contributed by atoms with E-state index in [9.17, 15) is 4.79 Å². The van der Waals surface area contributed by atoms with Crippen molar-refractivity contribution >= 4 is 17.5 Å². The third-order valence-corrected chi connectivity index (χ3v) is 5.89. The molecule has 1 N–H and O–H groups in total. The van der Waals surface area contributed by atoms with E-state index in [1.807, 2.05) is 26.0 Å². The van der Waals surface area contributed by atoms with Crippen molar-refractivity contribution < 1.29 is 9.53 Å². The van der Waals surface area contributed by atoms with Gasteiger partial charge in [-0.2, -0.15) is 0 Å². The molecule has 3 nitrogen and oxygen atoms in total. The summed E-state index contributed by atoms with van der Waals surface area (Å²) in [6.07, 6.45) is 5.71. The molecule has 0 saturated heterocycles. The number of benzene rings is 2. The number of nitrogens with one attached hydrogen (secondary N) is 1. The van der Waals surface area contributed by atoms with Gasteiger partial charge in [0.1, 0.15) is 5.75 Å². The van der Waals surface area contributed by atoms with Gasteiger partial charge in [0.05, 0.1) is 6.04 Å². The molecule has 0 bridgehead atoms. The Morgan fingerprint density at radius 2 is 1.78 bits per heavy atom. The molecule has 1 amide bonds. The minimum Gasteiger partial charge on any atom is -0.484 e. The summed E-state index contributed by atoms with van der Waals surface area (Å²) in [6.45, 7) is 5.97. The molecule has 0 spiro atoms. The van der Waals surface area contributed by atoms with Gasteiger partial charge in [-0.05, 0) is 85.9 Å². The molecule has 144 valence electrons. The van der Waals surface area contributed by atoms with E-state index in [2.05, 4.69) is 30.4 Å². The van der Waals surface area contributed by atoms with Gasteiger partial charge in [0, 0.05) is 5.02 Å². The van der Waals surface area contributed by atoms with Gasteiger partial charge in [-0.25, -0.2) is 0 Å². The number of aryl methyl sites for hydroxylation is 4.